The number of piperazine rings is 1. The van der Waals surface area contributed by atoms with Crippen LogP contribution in [-0.4, -0.2) is 43.5 Å². The summed E-state index contributed by atoms with van der Waals surface area (Å²) >= 11 is 0. The van der Waals surface area contributed by atoms with Crippen LogP contribution in [0.15, 0.2) is 48.5 Å². The number of amides is 2. The second-order valence-corrected chi connectivity index (χ2v) is 7.85. The van der Waals surface area contributed by atoms with Crippen molar-refractivity contribution >= 4 is 17.5 Å². The van der Waals surface area contributed by atoms with Crippen molar-refractivity contribution in [1.29, 1.82) is 0 Å². The number of carbonyl (C=O) groups is 2. The van der Waals surface area contributed by atoms with Crippen molar-refractivity contribution in [2.75, 3.05) is 32.1 Å². The molecule has 0 bridgehead atoms. The van der Waals surface area contributed by atoms with Crippen molar-refractivity contribution in [3.8, 4) is 5.75 Å². The molecule has 1 saturated carbocycles. The predicted octanol–water partition coefficient (Wildman–Crippen LogP) is 3.08. The molecule has 1 saturated heterocycles. The van der Waals surface area contributed by atoms with E-state index in [1.54, 1.807) is 31.4 Å². The summed E-state index contributed by atoms with van der Waals surface area (Å²) in [4.78, 5) is 27.3. The smallest absolute Gasteiger partial charge is 0.254 e. The topological polar surface area (TPSA) is 70.7 Å². The van der Waals surface area contributed by atoms with Gasteiger partial charge in [0.05, 0.1) is 13.2 Å². The molecule has 2 aromatic carbocycles. The van der Waals surface area contributed by atoms with Crippen LogP contribution in [0.2, 0.25) is 0 Å². The number of methoxy groups -OCH3 is 1. The molecule has 6 heteroatoms. The van der Waals surface area contributed by atoms with Gasteiger partial charge in [0.25, 0.3) is 5.91 Å². The molecule has 152 valence electrons. The number of nitrogens with zero attached hydrogens (tertiary/aromatic N) is 1. The molecule has 0 aromatic heterocycles. The molecule has 2 aliphatic rings. The first-order valence-electron chi connectivity index (χ1n) is 10.1. The van der Waals surface area contributed by atoms with Gasteiger partial charge in [-0.3, -0.25) is 9.59 Å². The molecule has 6 nitrogen and oxygen atoms in total. The summed E-state index contributed by atoms with van der Waals surface area (Å²) in [6, 6.07) is 14.9. The monoisotopic (exact) mass is 393 g/mol. The van der Waals surface area contributed by atoms with Gasteiger partial charge in [0.1, 0.15) is 5.75 Å². The fourth-order valence-corrected chi connectivity index (χ4v) is 3.95. The van der Waals surface area contributed by atoms with Crippen molar-refractivity contribution in [2.45, 2.75) is 19.4 Å². The van der Waals surface area contributed by atoms with Gasteiger partial charge in [0.15, 0.2) is 0 Å². The lowest BCUT2D eigenvalue weighted by Crippen LogP contribution is -2.48. The quantitative estimate of drug-likeness (QED) is 0.819. The molecule has 3 atom stereocenters. The van der Waals surface area contributed by atoms with Gasteiger partial charge in [-0.2, -0.15) is 0 Å². The lowest BCUT2D eigenvalue weighted by Gasteiger charge is -2.37. The molecule has 29 heavy (non-hydrogen) atoms. The van der Waals surface area contributed by atoms with Crippen molar-refractivity contribution in [3.63, 3.8) is 0 Å². The molecule has 3 unspecified atom stereocenters. The van der Waals surface area contributed by atoms with E-state index in [1.165, 1.54) is 0 Å². The van der Waals surface area contributed by atoms with E-state index in [9.17, 15) is 9.59 Å². The van der Waals surface area contributed by atoms with Crippen LogP contribution in [0.3, 0.4) is 0 Å². The number of ether oxygens (including phenoxy) is 1. The highest BCUT2D eigenvalue weighted by molar-refractivity contribution is 5.97. The molecule has 2 aromatic rings. The van der Waals surface area contributed by atoms with Gasteiger partial charge in [-0.05, 0) is 42.7 Å². The Morgan fingerprint density at radius 3 is 2.55 bits per heavy atom. The zero-order chi connectivity index (χ0) is 20.4. The van der Waals surface area contributed by atoms with E-state index in [1.807, 2.05) is 29.2 Å². The normalized spacial score (nSPS) is 23.4. The Bertz CT molecular complexity index is 896. The number of rotatable bonds is 5. The average molecular weight is 393 g/mol. The van der Waals surface area contributed by atoms with Gasteiger partial charge in [0, 0.05) is 42.4 Å². The predicted molar refractivity (Wildman–Crippen MR) is 112 cm³/mol. The van der Waals surface area contributed by atoms with Crippen molar-refractivity contribution in [3.05, 3.63) is 59.7 Å². The molecule has 4 rings (SSSR count). The van der Waals surface area contributed by atoms with Gasteiger partial charge in [-0.15, -0.1) is 0 Å². The molecular weight excluding hydrogens is 366 g/mol. The molecule has 0 radical (unpaired) electrons. The summed E-state index contributed by atoms with van der Waals surface area (Å²) in [5, 5.41) is 6.31. The molecule has 2 fully saturated rings. The Kier molecular flexibility index (Phi) is 5.53. The molecule has 1 heterocycles. The minimum atomic E-state index is -0.0943. The summed E-state index contributed by atoms with van der Waals surface area (Å²) in [7, 11) is 1.65. The second kappa shape index (κ2) is 8.25. The summed E-state index contributed by atoms with van der Waals surface area (Å²) in [6.45, 7) is 4.14. The molecule has 0 spiro atoms. The third kappa shape index (κ3) is 4.12. The Balaban J connectivity index is 1.50. The fourth-order valence-electron chi connectivity index (χ4n) is 3.95. The Morgan fingerprint density at radius 1 is 1.14 bits per heavy atom. The first-order valence-corrected chi connectivity index (χ1v) is 10.1. The maximum Gasteiger partial charge on any atom is 0.254 e. The summed E-state index contributed by atoms with van der Waals surface area (Å²) in [5.41, 5.74) is 2.34. The molecular formula is C23H27N3O3. The maximum absolute atomic E-state index is 13.2. The van der Waals surface area contributed by atoms with E-state index in [2.05, 4.69) is 17.6 Å². The first kappa shape index (κ1) is 19.5. The first-order chi connectivity index (χ1) is 14.1. The van der Waals surface area contributed by atoms with Crippen LogP contribution in [0.25, 0.3) is 0 Å². The lowest BCUT2D eigenvalue weighted by atomic mass is 10.0. The minimum absolute atomic E-state index is 0.0175. The molecule has 2 N–H and O–H groups in total. The Labute approximate surface area is 171 Å². The largest absolute Gasteiger partial charge is 0.496 e. The number of hydrogen-bond donors (Lipinski definition) is 2. The van der Waals surface area contributed by atoms with Crippen LogP contribution in [0, 0.1) is 11.8 Å². The molecule has 2 amide bonds. The highest BCUT2D eigenvalue weighted by atomic mass is 16.5. The zero-order valence-corrected chi connectivity index (χ0v) is 16.9. The SMILES string of the molecule is COc1ccccc1C1CNCCN1C(=O)c1ccc(NC(=O)C2CC2C)cc1. The van der Waals surface area contributed by atoms with Crippen LogP contribution in [0.1, 0.15) is 35.3 Å². The highest BCUT2D eigenvalue weighted by Crippen LogP contribution is 2.38. The molecule has 1 aliphatic carbocycles. The van der Waals surface area contributed by atoms with Crippen molar-refractivity contribution < 1.29 is 14.3 Å². The third-order valence-corrected chi connectivity index (χ3v) is 5.85. The number of anilines is 1. The Morgan fingerprint density at radius 2 is 1.86 bits per heavy atom. The summed E-state index contributed by atoms with van der Waals surface area (Å²) < 4.78 is 5.51. The highest BCUT2D eigenvalue weighted by Gasteiger charge is 2.39. The fraction of sp³-hybridized carbons (Fsp3) is 0.391. The third-order valence-electron chi connectivity index (χ3n) is 5.85. The average Bonchev–Trinajstić information content (AvgIpc) is 3.50. The standard InChI is InChI=1S/C23H27N3O3/c1-15-13-19(15)22(27)25-17-9-7-16(8-10-17)23(28)26-12-11-24-14-20(26)18-5-3-4-6-21(18)29-2/h3-10,15,19-20,24H,11-14H2,1-2H3,(H,25,27). The number of para-hydroxylation sites is 1. The number of hydrogen-bond acceptors (Lipinski definition) is 4. The second-order valence-electron chi connectivity index (χ2n) is 7.85. The summed E-state index contributed by atoms with van der Waals surface area (Å²) in [6.07, 6.45) is 0.954. The zero-order valence-electron chi connectivity index (χ0n) is 16.9. The lowest BCUT2D eigenvalue weighted by molar-refractivity contribution is -0.117. The van der Waals surface area contributed by atoms with Crippen molar-refractivity contribution in [1.82, 2.24) is 10.2 Å². The van der Waals surface area contributed by atoms with E-state index in [0.717, 1.165) is 30.0 Å². The van der Waals surface area contributed by atoms with Crippen LogP contribution in [-0.2, 0) is 4.79 Å². The minimum Gasteiger partial charge on any atom is -0.496 e. The number of benzene rings is 2. The van der Waals surface area contributed by atoms with E-state index in [4.69, 9.17) is 4.74 Å². The van der Waals surface area contributed by atoms with E-state index in [0.29, 0.717) is 24.6 Å². The van der Waals surface area contributed by atoms with Gasteiger partial charge >= 0.3 is 0 Å². The van der Waals surface area contributed by atoms with Crippen LogP contribution >= 0.6 is 0 Å². The number of nitrogens with one attached hydrogen (secondary N) is 2. The van der Waals surface area contributed by atoms with Gasteiger partial charge in [0.2, 0.25) is 5.91 Å². The van der Waals surface area contributed by atoms with E-state index < -0.39 is 0 Å². The molecule has 1 aliphatic heterocycles. The van der Waals surface area contributed by atoms with Crippen LogP contribution < -0.4 is 15.4 Å². The maximum atomic E-state index is 13.2. The van der Waals surface area contributed by atoms with Gasteiger partial charge in [-0.1, -0.05) is 25.1 Å². The van der Waals surface area contributed by atoms with Crippen molar-refractivity contribution in [2.24, 2.45) is 11.8 Å². The number of carbonyl (C=O) groups excluding carboxylic acids is 2. The van der Waals surface area contributed by atoms with Gasteiger partial charge < -0.3 is 20.3 Å². The van der Waals surface area contributed by atoms with Gasteiger partial charge in [-0.25, -0.2) is 0 Å². The van der Waals surface area contributed by atoms with E-state index in [-0.39, 0.29) is 23.8 Å². The summed E-state index contributed by atoms with van der Waals surface area (Å²) in [5.74, 6) is 1.42. The van der Waals surface area contributed by atoms with Crippen LogP contribution in [0.5, 0.6) is 5.75 Å². The van der Waals surface area contributed by atoms with E-state index >= 15 is 0 Å². The Hall–Kier alpha value is -2.86. The van der Waals surface area contributed by atoms with Crippen LogP contribution in [0.4, 0.5) is 5.69 Å².